The summed E-state index contributed by atoms with van der Waals surface area (Å²) in [6, 6.07) is 77.7. The van der Waals surface area contributed by atoms with Crippen LogP contribution < -0.4 is 26.2 Å². The molecule has 2 heterocycles. The van der Waals surface area contributed by atoms with Crippen LogP contribution in [0.4, 0.5) is 34.1 Å². The third kappa shape index (κ3) is 7.69. The standard InChI is InChI=1S/C66H61BN2/c1-64(2,3)48-38-51(44-26-14-10-15-27-44)62(52(39-48)45-28-16-11-17-29-45)68-57-36-24-22-34-55(57)67-56-35-23-25-37-58(56)69(60-43-50(66(7,8)9)42-59(68)61(60)67)63-53(46-30-18-12-19-31-46)40-49(65(4,5)6)41-54(63)47-32-20-13-21-33-47/h10-43H,1-9H3. The van der Waals surface area contributed by atoms with E-state index in [0.717, 1.165) is 0 Å². The van der Waals surface area contributed by atoms with Gasteiger partial charge < -0.3 is 9.80 Å². The molecule has 69 heavy (non-hydrogen) atoms. The lowest BCUT2D eigenvalue weighted by atomic mass is 9.33. The molecule has 0 fully saturated rings. The molecule has 0 spiro atoms. The van der Waals surface area contributed by atoms with E-state index >= 15 is 0 Å². The fourth-order valence-electron chi connectivity index (χ4n) is 10.8. The van der Waals surface area contributed by atoms with Crippen LogP contribution in [-0.4, -0.2) is 6.71 Å². The van der Waals surface area contributed by atoms with Crippen molar-refractivity contribution in [3.05, 3.63) is 223 Å². The Hall–Kier alpha value is -7.36. The van der Waals surface area contributed by atoms with Gasteiger partial charge in [0.05, 0.1) is 11.4 Å². The van der Waals surface area contributed by atoms with Crippen molar-refractivity contribution in [3.63, 3.8) is 0 Å². The van der Waals surface area contributed by atoms with Crippen LogP contribution in [0.3, 0.4) is 0 Å². The molecule has 11 rings (SSSR count). The van der Waals surface area contributed by atoms with E-state index < -0.39 is 0 Å². The molecular weight excluding hydrogens is 832 g/mol. The second-order valence-corrected chi connectivity index (χ2v) is 22.2. The van der Waals surface area contributed by atoms with Crippen molar-refractivity contribution in [1.29, 1.82) is 0 Å². The molecule has 2 nitrogen and oxygen atoms in total. The van der Waals surface area contributed by atoms with E-state index in [0.29, 0.717) is 0 Å². The Bertz CT molecular complexity index is 3030. The number of rotatable bonds is 6. The zero-order valence-electron chi connectivity index (χ0n) is 41.6. The van der Waals surface area contributed by atoms with Gasteiger partial charge in [-0.05, 0) is 120 Å². The van der Waals surface area contributed by atoms with Crippen LogP contribution in [-0.2, 0) is 16.2 Å². The summed E-state index contributed by atoms with van der Waals surface area (Å²) < 4.78 is 0. The average molecular weight is 893 g/mol. The molecule has 338 valence electrons. The molecule has 2 aliphatic heterocycles. The number of hydrogen-bond acceptors (Lipinski definition) is 2. The molecule has 0 saturated heterocycles. The van der Waals surface area contributed by atoms with E-state index in [1.807, 2.05) is 0 Å². The summed E-state index contributed by atoms with van der Waals surface area (Å²) in [5.74, 6) is 0. The number of hydrogen-bond donors (Lipinski definition) is 0. The summed E-state index contributed by atoms with van der Waals surface area (Å²) in [6.45, 7) is 21.1. The molecule has 0 saturated carbocycles. The van der Waals surface area contributed by atoms with Crippen LogP contribution in [0.5, 0.6) is 0 Å². The molecule has 0 N–H and O–H groups in total. The Kier molecular flexibility index (Phi) is 10.7. The van der Waals surface area contributed by atoms with Gasteiger partial charge >= 0.3 is 0 Å². The molecule has 0 radical (unpaired) electrons. The van der Waals surface area contributed by atoms with Crippen molar-refractivity contribution in [2.24, 2.45) is 0 Å². The Morgan fingerprint density at radius 3 is 0.841 bits per heavy atom. The Labute approximate surface area is 411 Å². The average Bonchev–Trinajstić information content (AvgIpc) is 3.36. The first kappa shape index (κ1) is 44.2. The molecule has 2 aliphatic rings. The Morgan fingerprint density at radius 2 is 0.551 bits per heavy atom. The highest BCUT2D eigenvalue weighted by Gasteiger charge is 2.45. The second kappa shape index (κ2) is 16.7. The fraction of sp³-hybridized carbons (Fsp3) is 0.182. The maximum Gasteiger partial charge on any atom is 0.252 e. The van der Waals surface area contributed by atoms with Crippen LogP contribution >= 0.6 is 0 Å². The van der Waals surface area contributed by atoms with Crippen molar-refractivity contribution in [1.82, 2.24) is 0 Å². The van der Waals surface area contributed by atoms with Crippen LogP contribution in [0.2, 0.25) is 0 Å². The van der Waals surface area contributed by atoms with Crippen molar-refractivity contribution < 1.29 is 0 Å². The fourth-order valence-corrected chi connectivity index (χ4v) is 10.8. The first-order valence-electron chi connectivity index (χ1n) is 24.7. The topological polar surface area (TPSA) is 6.48 Å². The van der Waals surface area contributed by atoms with Crippen molar-refractivity contribution in [2.45, 2.75) is 78.6 Å². The molecule has 0 amide bonds. The summed E-state index contributed by atoms with van der Waals surface area (Å²) in [7, 11) is 0. The molecule has 9 aromatic carbocycles. The van der Waals surface area contributed by atoms with Gasteiger partial charge in [-0.25, -0.2) is 0 Å². The minimum absolute atomic E-state index is 0.0210. The van der Waals surface area contributed by atoms with Gasteiger partial charge in [-0.2, -0.15) is 0 Å². The maximum atomic E-state index is 2.65. The predicted octanol–water partition coefficient (Wildman–Crippen LogP) is 16.3. The molecule has 0 aromatic heterocycles. The third-order valence-corrected chi connectivity index (χ3v) is 14.5. The molecular formula is C66H61BN2. The Balaban J connectivity index is 1.32. The smallest absolute Gasteiger partial charge is 0.252 e. The van der Waals surface area contributed by atoms with Crippen LogP contribution in [0, 0.1) is 0 Å². The number of anilines is 6. The zero-order valence-corrected chi connectivity index (χ0v) is 41.6. The van der Waals surface area contributed by atoms with Crippen molar-refractivity contribution in [3.8, 4) is 44.5 Å². The Morgan fingerprint density at radius 1 is 0.290 bits per heavy atom. The summed E-state index contributed by atoms with van der Waals surface area (Å²) in [5, 5.41) is 0. The van der Waals surface area contributed by atoms with Gasteiger partial charge in [0.1, 0.15) is 0 Å². The highest BCUT2D eigenvalue weighted by Crippen LogP contribution is 2.54. The van der Waals surface area contributed by atoms with Crippen LogP contribution in [0.25, 0.3) is 44.5 Å². The lowest BCUT2D eigenvalue weighted by molar-refractivity contribution is 0.590. The number of nitrogens with zero attached hydrogens (tertiary/aromatic N) is 2. The van der Waals surface area contributed by atoms with Crippen LogP contribution in [0.1, 0.15) is 79.0 Å². The quantitative estimate of drug-likeness (QED) is 0.154. The highest BCUT2D eigenvalue weighted by atomic mass is 15.2. The van der Waals surface area contributed by atoms with Crippen LogP contribution in [0.15, 0.2) is 206 Å². The van der Waals surface area contributed by atoms with Gasteiger partial charge in [-0.3, -0.25) is 0 Å². The first-order chi connectivity index (χ1) is 33.2. The lowest BCUT2D eigenvalue weighted by Crippen LogP contribution is -2.61. The number of benzene rings is 9. The van der Waals surface area contributed by atoms with Gasteiger partial charge in [-0.15, -0.1) is 0 Å². The molecule has 0 bridgehead atoms. The summed E-state index contributed by atoms with van der Waals surface area (Å²) in [6.07, 6.45) is 0. The van der Waals surface area contributed by atoms with E-state index in [4.69, 9.17) is 0 Å². The van der Waals surface area contributed by atoms with Gasteiger partial charge in [-0.1, -0.05) is 220 Å². The van der Waals surface area contributed by atoms with Gasteiger partial charge in [0.15, 0.2) is 0 Å². The van der Waals surface area contributed by atoms with Gasteiger partial charge in [0.2, 0.25) is 0 Å². The van der Waals surface area contributed by atoms with E-state index in [1.54, 1.807) is 0 Å². The van der Waals surface area contributed by atoms with E-state index in [1.165, 1.54) is 112 Å². The van der Waals surface area contributed by atoms with E-state index in [9.17, 15) is 0 Å². The zero-order chi connectivity index (χ0) is 47.8. The van der Waals surface area contributed by atoms with Gasteiger partial charge in [0, 0.05) is 45.0 Å². The summed E-state index contributed by atoms with van der Waals surface area (Å²) in [5.41, 5.74) is 24.3. The lowest BCUT2D eigenvalue weighted by Gasteiger charge is -2.46. The molecule has 0 aliphatic carbocycles. The van der Waals surface area contributed by atoms with E-state index in [2.05, 4.69) is 278 Å². The number of fused-ring (bicyclic) bond motifs is 4. The minimum Gasteiger partial charge on any atom is -0.310 e. The molecule has 3 heteroatoms. The van der Waals surface area contributed by atoms with Crippen molar-refractivity contribution in [2.75, 3.05) is 9.80 Å². The van der Waals surface area contributed by atoms with Gasteiger partial charge in [0.25, 0.3) is 6.71 Å². The first-order valence-corrected chi connectivity index (χ1v) is 24.7. The highest BCUT2D eigenvalue weighted by molar-refractivity contribution is 7.00. The summed E-state index contributed by atoms with van der Waals surface area (Å²) in [4.78, 5) is 5.31. The monoisotopic (exact) mass is 892 g/mol. The largest absolute Gasteiger partial charge is 0.310 e. The number of para-hydroxylation sites is 2. The molecule has 0 atom stereocenters. The predicted molar refractivity (Wildman–Crippen MR) is 298 cm³/mol. The third-order valence-electron chi connectivity index (χ3n) is 14.5. The SMILES string of the molecule is CC(C)(C)c1cc(-c2ccccc2)c(N2c3ccccc3B3c4ccccc4N(c4c(-c5ccccc5)cc(C(C)(C)C)cc4-c4ccccc4)c4cc(C(C)(C)C)cc2c43)c(-c2ccccc2)c1. The van der Waals surface area contributed by atoms with Crippen molar-refractivity contribution >= 4 is 57.2 Å². The normalized spacial score (nSPS) is 13.2. The minimum atomic E-state index is -0.187. The maximum absolute atomic E-state index is 2.65. The second-order valence-electron chi connectivity index (χ2n) is 22.2. The summed E-state index contributed by atoms with van der Waals surface area (Å²) >= 11 is 0. The molecule has 9 aromatic rings. The van der Waals surface area contributed by atoms with E-state index in [-0.39, 0.29) is 23.0 Å². The molecule has 0 unspecified atom stereocenters.